The van der Waals surface area contributed by atoms with Gasteiger partial charge in [0.15, 0.2) is 11.5 Å². The van der Waals surface area contributed by atoms with Crippen LogP contribution in [0.4, 0.5) is 0 Å². The van der Waals surface area contributed by atoms with E-state index in [0.29, 0.717) is 24.5 Å². The van der Waals surface area contributed by atoms with Crippen molar-refractivity contribution in [3.63, 3.8) is 0 Å². The zero-order valence-corrected chi connectivity index (χ0v) is 16.6. The number of amides is 2. The van der Waals surface area contributed by atoms with E-state index in [1.165, 1.54) is 0 Å². The highest BCUT2D eigenvalue weighted by Crippen LogP contribution is 2.44. The molecule has 1 N–H and O–H groups in total. The van der Waals surface area contributed by atoms with Crippen LogP contribution in [-0.2, 0) is 16.0 Å². The van der Waals surface area contributed by atoms with Gasteiger partial charge in [-0.25, -0.2) is 0 Å². The average Bonchev–Trinajstić information content (AvgIpc) is 3.38. The monoisotopic (exact) mass is 403 g/mol. The second-order valence-corrected chi connectivity index (χ2v) is 7.95. The molecule has 2 unspecified atom stereocenters. The van der Waals surface area contributed by atoms with E-state index in [9.17, 15) is 9.59 Å². The minimum absolute atomic E-state index is 0.0128. The number of nitrogens with zero attached hydrogens (tertiary/aromatic N) is 2. The first-order chi connectivity index (χ1) is 14.7. The number of rotatable bonds is 2. The molecule has 1 saturated heterocycles. The summed E-state index contributed by atoms with van der Waals surface area (Å²) in [7, 11) is 0. The number of likely N-dealkylation sites (N-methyl/N-ethyl adjacent to an activating group) is 1. The number of H-pyrrole nitrogens is 1. The fraction of sp³-hybridized carbons (Fsp3) is 0.304. The molecule has 1 aromatic heterocycles. The molecule has 7 heteroatoms. The molecule has 0 aliphatic carbocycles. The first-order valence-electron chi connectivity index (χ1n) is 10.2. The molecule has 2 aromatic carbocycles. The van der Waals surface area contributed by atoms with Crippen molar-refractivity contribution in [2.75, 3.05) is 19.9 Å². The van der Waals surface area contributed by atoms with Crippen LogP contribution < -0.4 is 9.47 Å². The van der Waals surface area contributed by atoms with Crippen LogP contribution >= 0.6 is 0 Å². The molecule has 3 aliphatic rings. The number of ether oxygens (including phenoxy) is 2. The van der Waals surface area contributed by atoms with Gasteiger partial charge in [0.25, 0.3) is 0 Å². The zero-order chi connectivity index (χ0) is 20.4. The van der Waals surface area contributed by atoms with E-state index < -0.39 is 6.04 Å². The number of aromatic nitrogens is 1. The van der Waals surface area contributed by atoms with Crippen LogP contribution in [0.15, 0.2) is 42.5 Å². The van der Waals surface area contributed by atoms with Crippen molar-refractivity contribution in [2.24, 2.45) is 0 Å². The molecule has 0 bridgehead atoms. The predicted molar refractivity (Wildman–Crippen MR) is 109 cm³/mol. The molecule has 3 aliphatic heterocycles. The molecule has 6 rings (SSSR count). The number of nitrogens with one attached hydrogen (secondary N) is 1. The third-order valence-corrected chi connectivity index (χ3v) is 6.44. The summed E-state index contributed by atoms with van der Waals surface area (Å²) in [5, 5.41) is 1.10. The van der Waals surface area contributed by atoms with Crippen molar-refractivity contribution < 1.29 is 19.1 Å². The summed E-state index contributed by atoms with van der Waals surface area (Å²) in [6.07, 6.45) is 0.515. The van der Waals surface area contributed by atoms with E-state index in [0.717, 1.165) is 27.7 Å². The second-order valence-electron chi connectivity index (χ2n) is 7.95. The van der Waals surface area contributed by atoms with Gasteiger partial charge in [-0.1, -0.05) is 24.3 Å². The maximum absolute atomic E-state index is 13.2. The Bertz CT molecular complexity index is 1200. The number of hydrogen-bond donors (Lipinski definition) is 1. The van der Waals surface area contributed by atoms with Gasteiger partial charge in [0.05, 0.1) is 12.6 Å². The summed E-state index contributed by atoms with van der Waals surface area (Å²) < 4.78 is 11.0. The van der Waals surface area contributed by atoms with Gasteiger partial charge >= 0.3 is 0 Å². The van der Waals surface area contributed by atoms with Crippen LogP contribution in [0, 0.1) is 0 Å². The Balaban J connectivity index is 1.57. The molecular formula is C23H21N3O4. The van der Waals surface area contributed by atoms with Crippen molar-refractivity contribution in [3.8, 4) is 11.5 Å². The summed E-state index contributed by atoms with van der Waals surface area (Å²) in [6.45, 7) is 2.75. The van der Waals surface area contributed by atoms with Crippen molar-refractivity contribution in [3.05, 3.63) is 59.3 Å². The van der Waals surface area contributed by atoms with Gasteiger partial charge in [0, 0.05) is 29.6 Å². The molecule has 4 heterocycles. The largest absolute Gasteiger partial charge is 0.454 e. The smallest absolute Gasteiger partial charge is 0.246 e. The lowest BCUT2D eigenvalue weighted by molar-refractivity contribution is -0.158. The summed E-state index contributed by atoms with van der Waals surface area (Å²) in [4.78, 5) is 33.4. The standard InChI is InChI=1S/C23H21N3O4/c1-2-25-11-20(27)26-17(23(25)28)10-15-14-5-3-4-6-16(14)24-21(15)22(26)13-7-8-18-19(9-13)30-12-29-18/h3-9,17,22,24H,2,10-12H2,1H3. The van der Waals surface area contributed by atoms with Gasteiger partial charge in [0.2, 0.25) is 18.6 Å². The highest BCUT2D eigenvalue weighted by Gasteiger charge is 2.48. The minimum Gasteiger partial charge on any atom is -0.454 e. The van der Waals surface area contributed by atoms with Crippen LogP contribution in [0.1, 0.15) is 29.8 Å². The number of aromatic amines is 1. The van der Waals surface area contributed by atoms with Gasteiger partial charge in [0.1, 0.15) is 6.04 Å². The fourth-order valence-electron chi connectivity index (χ4n) is 5.02. The molecule has 1 fully saturated rings. The summed E-state index contributed by atoms with van der Waals surface area (Å²) >= 11 is 0. The predicted octanol–water partition coefficient (Wildman–Crippen LogP) is 2.60. The quantitative estimate of drug-likeness (QED) is 0.714. The van der Waals surface area contributed by atoms with Crippen LogP contribution in [0.25, 0.3) is 10.9 Å². The van der Waals surface area contributed by atoms with Gasteiger partial charge < -0.3 is 24.3 Å². The number of fused-ring (bicyclic) bond motifs is 5. The molecule has 30 heavy (non-hydrogen) atoms. The molecule has 0 spiro atoms. The lowest BCUT2D eigenvalue weighted by Gasteiger charge is -2.46. The molecular weight excluding hydrogens is 382 g/mol. The van der Waals surface area contributed by atoms with E-state index >= 15 is 0 Å². The highest BCUT2D eigenvalue weighted by molar-refractivity contribution is 5.97. The number of carbonyl (C=O) groups is 2. The van der Waals surface area contributed by atoms with Crippen molar-refractivity contribution in [1.82, 2.24) is 14.8 Å². The van der Waals surface area contributed by atoms with Crippen LogP contribution in [-0.4, -0.2) is 52.5 Å². The van der Waals surface area contributed by atoms with Gasteiger partial charge in [-0.15, -0.1) is 0 Å². The molecule has 7 nitrogen and oxygen atoms in total. The lowest BCUT2D eigenvalue weighted by Crippen LogP contribution is -2.62. The maximum Gasteiger partial charge on any atom is 0.246 e. The first kappa shape index (κ1) is 17.4. The fourth-order valence-corrected chi connectivity index (χ4v) is 5.02. The topological polar surface area (TPSA) is 74.9 Å². The van der Waals surface area contributed by atoms with E-state index in [4.69, 9.17) is 9.47 Å². The van der Waals surface area contributed by atoms with Crippen LogP contribution in [0.5, 0.6) is 11.5 Å². The van der Waals surface area contributed by atoms with E-state index in [-0.39, 0.29) is 31.2 Å². The van der Waals surface area contributed by atoms with Crippen LogP contribution in [0.2, 0.25) is 0 Å². The van der Waals surface area contributed by atoms with Gasteiger partial charge in [-0.2, -0.15) is 0 Å². The number of hydrogen-bond acceptors (Lipinski definition) is 4. The third kappa shape index (κ3) is 2.32. The van der Waals surface area contributed by atoms with Gasteiger partial charge in [-0.05, 0) is 36.2 Å². The summed E-state index contributed by atoms with van der Waals surface area (Å²) in [5.41, 5.74) is 3.99. The number of benzene rings is 2. The molecule has 0 saturated carbocycles. The number of para-hydroxylation sites is 1. The molecule has 2 amide bonds. The third-order valence-electron chi connectivity index (χ3n) is 6.44. The maximum atomic E-state index is 13.2. The van der Waals surface area contributed by atoms with E-state index in [1.54, 1.807) is 9.80 Å². The Hall–Kier alpha value is -3.48. The molecule has 0 radical (unpaired) electrons. The average molecular weight is 403 g/mol. The van der Waals surface area contributed by atoms with E-state index in [1.807, 2.05) is 43.3 Å². The molecule has 152 valence electrons. The summed E-state index contributed by atoms with van der Waals surface area (Å²) in [6, 6.07) is 13.0. The Morgan fingerprint density at radius 1 is 1.10 bits per heavy atom. The van der Waals surface area contributed by atoms with Crippen molar-refractivity contribution >= 4 is 22.7 Å². The van der Waals surface area contributed by atoms with Crippen molar-refractivity contribution in [2.45, 2.75) is 25.4 Å². The van der Waals surface area contributed by atoms with Gasteiger partial charge in [-0.3, -0.25) is 9.59 Å². The Kier molecular flexibility index (Phi) is 3.63. The first-order valence-corrected chi connectivity index (χ1v) is 10.2. The van der Waals surface area contributed by atoms with Crippen molar-refractivity contribution in [1.29, 1.82) is 0 Å². The van der Waals surface area contributed by atoms with E-state index in [2.05, 4.69) is 11.1 Å². The molecule has 2 atom stereocenters. The SMILES string of the molecule is CCN1CC(=O)N2C(Cc3c([nH]c4ccccc34)C2c2ccc3c(c2)OCO3)C1=O. The number of piperazine rings is 1. The molecule has 3 aromatic rings. The second kappa shape index (κ2) is 6.26. The normalized spacial score (nSPS) is 22.4. The van der Waals surface area contributed by atoms with Crippen LogP contribution in [0.3, 0.4) is 0 Å². The zero-order valence-electron chi connectivity index (χ0n) is 16.6. The minimum atomic E-state index is -0.506. The summed E-state index contributed by atoms with van der Waals surface area (Å²) in [5.74, 6) is 1.34. The number of carbonyl (C=O) groups excluding carboxylic acids is 2. The Morgan fingerprint density at radius 2 is 1.93 bits per heavy atom. The lowest BCUT2D eigenvalue weighted by atomic mass is 9.86. The Labute approximate surface area is 173 Å². The Morgan fingerprint density at radius 3 is 2.80 bits per heavy atom. The highest BCUT2D eigenvalue weighted by atomic mass is 16.7.